The van der Waals surface area contributed by atoms with Gasteiger partial charge in [-0.25, -0.2) is 14.8 Å². The molecule has 5 nitrogen and oxygen atoms in total. The third-order valence-corrected chi connectivity index (χ3v) is 5.63. The molecule has 162 valence electrons. The number of amides is 1. The monoisotopic (exact) mass is 443 g/mol. The summed E-state index contributed by atoms with van der Waals surface area (Å²) in [6.07, 6.45) is -0.427. The first-order valence-corrected chi connectivity index (χ1v) is 11.2. The third-order valence-electron chi connectivity index (χ3n) is 4.54. The number of rotatable bonds is 5. The Balaban J connectivity index is 1.60. The molecule has 4 rings (SSSR count). The van der Waals surface area contributed by atoms with Crippen molar-refractivity contribution in [2.45, 2.75) is 32.9 Å². The van der Waals surface area contributed by atoms with Crippen LogP contribution in [0.25, 0.3) is 10.2 Å². The number of pyridine rings is 1. The summed E-state index contributed by atoms with van der Waals surface area (Å²) in [6, 6.07) is 26.2. The first-order chi connectivity index (χ1) is 15.4. The van der Waals surface area contributed by atoms with Crippen molar-refractivity contribution in [1.82, 2.24) is 10.3 Å². The summed E-state index contributed by atoms with van der Waals surface area (Å²) in [4.78, 5) is 22.6. The van der Waals surface area contributed by atoms with Gasteiger partial charge in [0.25, 0.3) is 0 Å². The fourth-order valence-corrected chi connectivity index (χ4v) is 4.13. The molecule has 0 saturated heterocycles. The van der Waals surface area contributed by atoms with Gasteiger partial charge in [-0.2, -0.15) is 0 Å². The Bertz CT molecular complexity index is 1200. The number of benzene rings is 2. The highest BCUT2D eigenvalue weighted by Crippen LogP contribution is 2.27. The molecule has 1 N–H and O–H groups in total. The van der Waals surface area contributed by atoms with E-state index in [2.05, 4.69) is 29.6 Å². The highest BCUT2D eigenvalue weighted by atomic mass is 32.1. The topological polar surface area (TPSA) is 63.6 Å². The largest absolute Gasteiger partial charge is 0.444 e. The summed E-state index contributed by atoms with van der Waals surface area (Å²) in [5.74, 6) is 0.643. The predicted octanol–water partition coefficient (Wildman–Crippen LogP) is 6.49. The van der Waals surface area contributed by atoms with Crippen molar-refractivity contribution in [3.63, 3.8) is 0 Å². The second-order valence-corrected chi connectivity index (χ2v) is 9.48. The Kier molecular flexibility index (Phi) is 6.32. The molecule has 0 spiro atoms. The van der Waals surface area contributed by atoms with Crippen LogP contribution in [0.4, 0.5) is 10.6 Å². The number of ether oxygens (including phenoxy) is 1. The smallest absolute Gasteiger partial charge is 0.407 e. The second-order valence-electron chi connectivity index (χ2n) is 8.31. The van der Waals surface area contributed by atoms with Gasteiger partial charge in [0, 0.05) is 16.0 Å². The van der Waals surface area contributed by atoms with Gasteiger partial charge < -0.3 is 10.1 Å². The van der Waals surface area contributed by atoms with Crippen molar-refractivity contribution < 1.29 is 9.53 Å². The number of nitrogens with one attached hydrogen (secondary N) is 1. The average molecular weight is 444 g/mol. The highest BCUT2D eigenvalue weighted by molar-refractivity contribution is 7.19. The summed E-state index contributed by atoms with van der Waals surface area (Å²) in [5.41, 5.74) is 3.28. The second kappa shape index (κ2) is 9.32. The van der Waals surface area contributed by atoms with Crippen molar-refractivity contribution >= 4 is 39.2 Å². The lowest BCUT2D eigenvalue weighted by molar-refractivity contribution is 0.0524. The highest BCUT2D eigenvalue weighted by Gasteiger charge is 2.16. The van der Waals surface area contributed by atoms with Crippen LogP contribution < -0.4 is 5.32 Å². The maximum atomic E-state index is 11.9. The molecule has 2 aromatic heterocycles. The van der Waals surface area contributed by atoms with E-state index in [1.807, 2.05) is 75.4 Å². The molecule has 0 saturated carbocycles. The molecule has 4 aromatic rings. The molecular formula is C26H25N3O2S. The fourth-order valence-electron chi connectivity index (χ4n) is 3.19. The van der Waals surface area contributed by atoms with Crippen molar-refractivity contribution in [3.8, 4) is 0 Å². The van der Waals surface area contributed by atoms with E-state index < -0.39 is 11.7 Å². The number of nitrogens with zero attached hydrogens (tertiary/aromatic N) is 2. The van der Waals surface area contributed by atoms with Crippen molar-refractivity contribution in [1.29, 1.82) is 0 Å². The first kappa shape index (κ1) is 21.7. The van der Waals surface area contributed by atoms with E-state index in [0.717, 1.165) is 31.9 Å². The van der Waals surface area contributed by atoms with Gasteiger partial charge in [0.2, 0.25) is 0 Å². The van der Waals surface area contributed by atoms with Gasteiger partial charge in [0.1, 0.15) is 5.60 Å². The van der Waals surface area contributed by atoms with Gasteiger partial charge in [-0.1, -0.05) is 60.7 Å². The van der Waals surface area contributed by atoms with Crippen molar-refractivity contribution in [2.24, 2.45) is 4.99 Å². The number of aliphatic imine (C=N–C) groups is 1. The average Bonchev–Trinajstić information content (AvgIpc) is 3.18. The lowest BCUT2D eigenvalue weighted by Gasteiger charge is -2.19. The van der Waals surface area contributed by atoms with Crippen LogP contribution in [0, 0.1) is 0 Å². The Hall–Kier alpha value is -3.51. The zero-order valence-electron chi connectivity index (χ0n) is 18.3. The van der Waals surface area contributed by atoms with Gasteiger partial charge in [-0.15, -0.1) is 11.3 Å². The van der Waals surface area contributed by atoms with E-state index in [9.17, 15) is 4.79 Å². The number of carbonyl (C=O) groups excluding carboxylic acids is 1. The van der Waals surface area contributed by atoms with E-state index in [-0.39, 0.29) is 0 Å². The molecule has 2 aromatic carbocycles. The Labute approximate surface area is 191 Å². The molecule has 0 radical (unpaired) electrons. The van der Waals surface area contributed by atoms with E-state index in [0.29, 0.717) is 12.4 Å². The number of fused-ring (bicyclic) bond motifs is 1. The number of hydrogen-bond donors (Lipinski definition) is 1. The first-order valence-electron chi connectivity index (χ1n) is 10.4. The van der Waals surface area contributed by atoms with Crippen LogP contribution in [0.5, 0.6) is 0 Å². The van der Waals surface area contributed by atoms with Crippen LogP contribution in [0.15, 0.2) is 83.9 Å². The number of hydrogen-bond acceptors (Lipinski definition) is 5. The molecule has 1 amide bonds. The van der Waals surface area contributed by atoms with Crippen LogP contribution in [-0.2, 0) is 11.3 Å². The van der Waals surface area contributed by atoms with Crippen molar-refractivity contribution in [3.05, 3.63) is 94.9 Å². The van der Waals surface area contributed by atoms with Gasteiger partial charge >= 0.3 is 6.09 Å². The molecule has 2 heterocycles. The van der Waals surface area contributed by atoms with Crippen LogP contribution in [0.1, 0.15) is 36.8 Å². The molecular weight excluding hydrogens is 418 g/mol. The quantitative estimate of drug-likeness (QED) is 0.359. The Morgan fingerprint density at radius 2 is 1.59 bits per heavy atom. The van der Waals surface area contributed by atoms with E-state index >= 15 is 0 Å². The van der Waals surface area contributed by atoms with E-state index in [1.54, 1.807) is 11.3 Å². The van der Waals surface area contributed by atoms with Crippen LogP contribution >= 0.6 is 11.3 Å². The Morgan fingerprint density at radius 3 is 2.19 bits per heavy atom. The summed E-state index contributed by atoms with van der Waals surface area (Å²) >= 11 is 1.60. The molecule has 32 heavy (non-hydrogen) atoms. The molecule has 6 heteroatoms. The van der Waals surface area contributed by atoms with Crippen LogP contribution in [-0.4, -0.2) is 22.4 Å². The maximum Gasteiger partial charge on any atom is 0.407 e. The zero-order valence-corrected chi connectivity index (χ0v) is 19.1. The van der Waals surface area contributed by atoms with E-state index in [4.69, 9.17) is 14.7 Å². The normalized spacial score (nSPS) is 11.2. The maximum absolute atomic E-state index is 11.9. The van der Waals surface area contributed by atoms with Gasteiger partial charge in [0.15, 0.2) is 5.82 Å². The molecule has 0 aliphatic heterocycles. The molecule has 0 atom stereocenters. The SMILES string of the molecule is CC(C)(C)OC(=O)NCc1cc2nc(N=C(c3ccccc3)c3ccccc3)ccc2s1. The number of alkyl carbamates (subject to hydrolysis) is 1. The molecule has 0 bridgehead atoms. The lowest BCUT2D eigenvalue weighted by atomic mass is 10.0. The molecule has 0 fully saturated rings. The molecule has 0 unspecified atom stereocenters. The number of thiophene rings is 1. The molecule has 0 aliphatic carbocycles. The van der Waals surface area contributed by atoms with Crippen LogP contribution in [0.2, 0.25) is 0 Å². The molecule has 0 aliphatic rings. The summed E-state index contributed by atoms with van der Waals surface area (Å²) in [7, 11) is 0. The Morgan fingerprint density at radius 1 is 0.969 bits per heavy atom. The minimum atomic E-state index is -0.520. The summed E-state index contributed by atoms with van der Waals surface area (Å²) in [5, 5.41) is 2.80. The van der Waals surface area contributed by atoms with Crippen molar-refractivity contribution in [2.75, 3.05) is 0 Å². The fraction of sp³-hybridized carbons (Fsp3) is 0.192. The summed E-state index contributed by atoms with van der Waals surface area (Å²) in [6.45, 7) is 5.93. The van der Waals surface area contributed by atoms with E-state index in [1.165, 1.54) is 0 Å². The van der Waals surface area contributed by atoms with Crippen LogP contribution in [0.3, 0.4) is 0 Å². The standard InChI is InChI=1S/C26H25N3O2S/c1-26(2,3)31-25(30)27-17-20-16-21-22(32-20)14-15-23(28-21)29-24(18-10-6-4-7-11-18)19-12-8-5-9-13-19/h4-16H,17H2,1-3H3,(H,27,30). The zero-order chi connectivity index (χ0) is 22.6. The number of carbonyl (C=O) groups is 1. The van der Waals surface area contributed by atoms with Gasteiger partial charge in [-0.3, -0.25) is 0 Å². The van der Waals surface area contributed by atoms with Gasteiger partial charge in [-0.05, 0) is 39.0 Å². The number of aromatic nitrogens is 1. The minimum Gasteiger partial charge on any atom is -0.444 e. The van der Waals surface area contributed by atoms with Gasteiger partial charge in [0.05, 0.1) is 22.5 Å². The minimum absolute atomic E-state index is 0.397. The third kappa shape index (κ3) is 5.59. The predicted molar refractivity (Wildman–Crippen MR) is 131 cm³/mol. The lowest BCUT2D eigenvalue weighted by Crippen LogP contribution is -2.31. The summed E-state index contributed by atoms with van der Waals surface area (Å²) < 4.78 is 6.35.